The quantitative estimate of drug-likeness (QED) is 0.407. The number of benzene rings is 1. The second-order valence-electron chi connectivity index (χ2n) is 3.90. The maximum atomic E-state index is 9.14. The van der Waals surface area contributed by atoms with Gasteiger partial charge in [0, 0.05) is 5.46 Å². The van der Waals surface area contributed by atoms with Crippen molar-refractivity contribution in [1.29, 1.82) is 0 Å². The van der Waals surface area contributed by atoms with Gasteiger partial charge in [-0.1, -0.05) is 24.3 Å². The minimum Gasteiger partial charge on any atom is -0.494 e. The second-order valence-corrected chi connectivity index (χ2v) is 3.90. The molecule has 0 aliphatic rings. The molecule has 0 radical (unpaired) electrons. The fourth-order valence-corrected chi connectivity index (χ4v) is 1.57. The molecule has 0 saturated carbocycles. The minimum absolute atomic E-state index is 0.415. The lowest BCUT2D eigenvalue weighted by Crippen LogP contribution is -2.31. The average molecular weight is 234 g/mol. The Morgan fingerprint density at radius 2 is 1.94 bits per heavy atom. The van der Waals surface area contributed by atoms with Gasteiger partial charge >= 0.3 is 7.12 Å². The van der Waals surface area contributed by atoms with Gasteiger partial charge in [0.05, 0.1) is 6.61 Å². The monoisotopic (exact) mass is 234 g/mol. The summed E-state index contributed by atoms with van der Waals surface area (Å²) >= 11 is 0. The molecule has 17 heavy (non-hydrogen) atoms. The molecule has 0 aromatic heterocycles. The fourth-order valence-electron chi connectivity index (χ4n) is 1.57. The molecule has 1 aromatic rings. The standard InChI is InChI=1S/C13H19BO3/c1-2-3-4-5-8-11-17-13-10-7-6-9-12(13)14(15)16/h2,6-7,9-10,15-16H,1,3-5,8,11H2. The van der Waals surface area contributed by atoms with E-state index in [1.54, 1.807) is 18.2 Å². The van der Waals surface area contributed by atoms with Gasteiger partial charge in [0.25, 0.3) is 0 Å². The summed E-state index contributed by atoms with van der Waals surface area (Å²) in [7, 11) is -1.48. The fraction of sp³-hybridized carbons (Fsp3) is 0.385. The number of para-hydroxylation sites is 1. The molecule has 92 valence electrons. The Bertz CT molecular complexity index is 339. The van der Waals surface area contributed by atoms with Crippen molar-refractivity contribution in [2.75, 3.05) is 6.61 Å². The first-order chi connectivity index (χ1) is 8.25. The minimum atomic E-state index is -1.48. The van der Waals surface area contributed by atoms with Crippen molar-refractivity contribution in [2.45, 2.75) is 25.7 Å². The Labute approximate surface area is 103 Å². The van der Waals surface area contributed by atoms with Gasteiger partial charge in [-0.2, -0.15) is 0 Å². The molecule has 0 atom stereocenters. The summed E-state index contributed by atoms with van der Waals surface area (Å²) in [6.45, 7) is 4.27. The van der Waals surface area contributed by atoms with E-state index >= 15 is 0 Å². The number of rotatable bonds is 8. The topological polar surface area (TPSA) is 49.7 Å². The molecule has 2 N–H and O–H groups in total. The maximum Gasteiger partial charge on any atom is 0.492 e. The van der Waals surface area contributed by atoms with Crippen LogP contribution in [0.4, 0.5) is 0 Å². The summed E-state index contributed by atoms with van der Waals surface area (Å²) in [4.78, 5) is 0. The highest BCUT2D eigenvalue weighted by atomic mass is 16.5. The molecule has 0 bridgehead atoms. The Morgan fingerprint density at radius 1 is 1.18 bits per heavy atom. The van der Waals surface area contributed by atoms with E-state index in [0.717, 1.165) is 25.7 Å². The molecule has 0 unspecified atom stereocenters. The van der Waals surface area contributed by atoms with Crippen LogP contribution in [0.2, 0.25) is 0 Å². The van der Waals surface area contributed by atoms with Gasteiger partial charge in [-0.15, -0.1) is 6.58 Å². The van der Waals surface area contributed by atoms with E-state index in [1.165, 1.54) is 0 Å². The van der Waals surface area contributed by atoms with Gasteiger partial charge in [0.1, 0.15) is 5.75 Å². The maximum absolute atomic E-state index is 9.14. The van der Waals surface area contributed by atoms with E-state index in [1.807, 2.05) is 12.1 Å². The molecule has 0 amide bonds. The van der Waals surface area contributed by atoms with E-state index < -0.39 is 7.12 Å². The molecule has 0 heterocycles. The predicted molar refractivity (Wildman–Crippen MR) is 70.4 cm³/mol. The van der Waals surface area contributed by atoms with Crippen LogP contribution in [0.15, 0.2) is 36.9 Å². The van der Waals surface area contributed by atoms with Crippen LogP contribution in [0.3, 0.4) is 0 Å². The van der Waals surface area contributed by atoms with Crippen molar-refractivity contribution in [1.82, 2.24) is 0 Å². The highest BCUT2D eigenvalue weighted by molar-refractivity contribution is 6.59. The van der Waals surface area contributed by atoms with E-state index in [4.69, 9.17) is 14.8 Å². The van der Waals surface area contributed by atoms with Crippen LogP contribution in [-0.2, 0) is 0 Å². The summed E-state index contributed by atoms with van der Waals surface area (Å²) in [6.07, 6.45) is 6.13. The Morgan fingerprint density at radius 3 is 2.65 bits per heavy atom. The lowest BCUT2D eigenvalue weighted by Gasteiger charge is -2.10. The Hall–Kier alpha value is -1.26. The third kappa shape index (κ3) is 5.07. The largest absolute Gasteiger partial charge is 0.494 e. The molecule has 4 heteroatoms. The molecule has 0 saturated heterocycles. The SMILES string of the molecule is C=CCCCCCOc1ccccc1B(O)O. The van der Waals surface area contributed by atoms with Crippen LogP contribution < -0.4 is 10.2 Å². The van der Waals surface area contributed by atoms with E-state index in [9.17, 15) is 0 Å². The lowest BCUT2D eigenvalue weighted by atomic mass is 9.79. The van der Waals surface area contributed by atoms with Crippen LogP contribution in [0.5, 0.6) is 5.75 Å². The zero-order valence-electron chi connectivity index (χ0n) is 10.0. The lowest BCUT2D eigenvalue weighted by molar-refractivity contribution is 0.306. The summed E-state index contributed by atoms with van der Waals surface area (Å²) in [5.41, 5.74) is 0.415. The van der Waals surface area contributed by atoms with Crippen molar-refractivity contribution in [3.63, 3.8) is 0 Å². The summed E-state index contributed by atoms with van der Waals surface area (Å²) in [5, 5.41) is 18.3. The van der Waals surface area contributed by atoms with Gasteiger partial charge in [0.15, 0.2) is 0 Å². The number of hydrogen-bond donors (Lipinski definition) is 2. The molecular formula is C13H19BO3. The zero-order valence-corrected chi connectivity index (χ0v) is 10.0. The molecule has 0 spiro atoms. The molecule has 0 aliphatic heterocycles. The van der Waals surface area contributed by atoms with E-state index in [2.05, 4.69) is 6.58 Å². The summed E-state index contributed by atoms with van der Waals surface area (Å²) in [6, 6.07) is 6.97. The molecule has 0 aliphatic carbocycles. The van der Waals surface area contributed by atoms with Crippen LogP contribution >= 0.6 is 0 Å². The highest BCUT2D eigenvalue weighted by Crippen LogP contribution is 2.08. The van der Waals surface area contributed by atoms with Crippen LogP contribution in [0.25, 0.3) is 0 Å². The van der Waals surface area contributed by atoms with Crippen molar-refractivity contribution < 1.29 is 14.8 Å². The van der Waals surface area contributed by atoms with Crippen LogP contribution in [0, 0.1) is 0 Å². The normalized spacial score (nSPS) is 10.0. The van der Waals surface area contributed by atoms with Crippen molar-refractivity contribution in [3.8, 4) is 5.75 Å². The summed E-state index contributed by atoms with van der Waals surface area (Å²) in [5.74, 6) is 0.547. The van der Waals surface area contributed by atoms with Crippen molar-refractivity contribution >= 4 is 12.6 Å². The predicted octanol–water partition coefficient (Wildman–Crippen LogP) is 1.49. The molecule has 1 aromatic carbocycles. The van der Waals surface area contributed by atoms with Crippen LogP contribution in [-0.4, -0.2) is 23.8 Å². The van der Waals surface area contributed by atoms with Crippen LogP contribution in [0.1, 0.15) is 25.7 Å². The number of unbranched alkanes of at least 4 members (excludes halogenated alkanes) is 3. The van der Waals surface area contributed by atoms with Gasteiger partial charge in [-0.05, 0) is 31.7 Å². The first kappa shape index (κ1) is 13.8. The van der Waals surface area contributed by atoms with Crippen molar-refractivity contribution in [2.24, 2.45) is 0 Å². The Balaban J connectivity index is 2.33. The second kappa shape index (κ2) is 7.93. The first-order valence-corrected chi connectivity index (χ1v) is 5.94. The Kier molecular flexibility index (Phi) is 6.44. The zero-order chi connectivity index (χ0) is 12.5. The van der Waals surface area contributed by atoms with Gasteiger partial charge < -0.3 is 14.8 Å². The highest BCUT2D eigenvalue weighted by Gasteiger charge is 2.15. The first-order valence-electron chi connectivity index (χ1n) is 5.94. The van der Waals surface area contributed by atoms with Crippen molar-refractivity contribution in [3.05, 3.63) is 36.9 Å². The number of hydrogen-bond acceptors (Lipinski definition) is 3. The molecule has 0 fully saturated rings. The molecular weight excluding hydrogens is 215 g/mol. The van der Waals surface area contributed by atoms with Gasteiger partial charge in [0.2, 0.25) is 0 Å². The van der Waals surface area contributed by atoms with Gasteiger partial charge in [-0.25, -0.2) is 0 Å². The average Bonchev–Trinajstić information content (AvgIpc) is 2.34. The number of allylic oxidation sites excluding steroid dienone is 1. The third-order valence-electron chi connectivity index (χ3n) is 2.51. The van der Waals surface area contributed by atoms with E-state index in [-0.39, 0.29) is 0 Å². The third-order valence-corrected chi connectivity index (χ3v) is 2.51. The summed E-state index contributed by atoms with van der Waals surface area (Å²) < 4.78 is 5.53. The van der Waals surface area contributed by atoms with E-state index in [0.29, 0.717) is 17.8 Å². The molecule has 1 rings (SSSR count). The smallest absolute Gasteiger partial charge is 0.492 e. The number of ether oxygens (including phenoxy) is 1. The molecule has 3 nitrogen and oxygen atoms in total. The van der Waals surface area contributed by atoms with Gasteiger partial charge in [-0.3, -0.25) is 0 Å².